The van der Waals surface area contributed by atoms with Crippen LogP contribution in [0, 0.1) is 0 Å². The number of likely N-dealkylation sites (N-methyl/N-ethyl adjacent to an activating group) is 2. The average molecular weight is 389 g/mol. The third-order valence-corrected chi connectivity index (χ3v) is 4.53. The Morgan fingerprint density at radius 2 is 1.32 bits per heavy atom. The third kappa shape index (κ3) is 4.62. The fourth-order valence-electron chi connectivity index (χ4n) is 3.28. The number of rotatable bonds is 5. The summed E-state index contributed by atoms with van der Waals surface area (Å²) in [6.45, 7) is 7.44. The van der Waals surface area contributed by atoms with Gasteiger partial charge in [0, 0.05) is 38.3 Å². The fraction of sp³-hybridized carbons (Fsp3) is 0.368. The van der Waals surface area contributed by atoms with Crippen molar-refractivity contribution in [3.05, 3.63) is 47.5 Å². The number of benzene rings is 1. The molecule has 0 aliphatic carbocycles. The topological polar surface area (TPSA) is 118 Å². The number of hydrazine groups is 1. The smallest absolute Gasteiger partial charge is 0.328 e. The molecular formula is C19H23N3O6. The van der Waals surface area contributed by atoms with Gasteiger partial charge in [-0.1, -0.05) is 26.0 Å². The number of amides is 2. The van der Waals surface area contributed by atoms with Crippen molar-refractivity contribution < 1.29 is 29.4 Å². The molecule has 1 saturated heterocycles. The molecule has 0 atom stereocenters. The van der Waals surface area contributed by atoms with E-state index in [1.165, 1.54) is 4.90 Å². The summed E-state index contributed by atoms with van der Waals surface area (Å²) in [5, 5.41) is 20.0. The molecule has 0 unspecified atom stereocenters. The quantitative estimate of drug-likeness (QED) is 0.564. The van der Waals surface area contributed by atoms with Crippen LogP contribution in [0.15, 0.2) is 36.4 Å². The number of carboxylic acid groups (broad SMARTS) is 2. The van der Waals surface area contributed by atoms with Crippen LogP contribution >= 0.6 is 0 Å². The summed E-state index contributed by atoms with van der Waals surface area (Å²) in [6, 6.07) is 7.03. The number of imide groups is 1. The lowest BCUT2D eigenvalue weighted by atomic mass is 10.1. The SMILES string of the molecule is CCN1CC(N2C(=O)c3ccccc3C2=O)CN1CC.O=C(O)/C=C\C(=O)O. The lowest BCUT2D eigenvalue weighted by Gasteiger charge is -2.24. The van der Waals surface area contributed by atoms with E-state index in [4.69, 9.17) is 10.2 Å². The molecule has 2 aliphatic rings. The number of hydrogen-bond acceptors (Lipinski definition) is 6. The Balaban J connectivity index is 0.000000300. The highest BCUT2D eigenvalue weighted by molar-refractivity contribution is 6.21. The van der Waals surface area contributed by atoms with Gasteiger partial charge in [-0.05, 0) is 12.1 Å². The standard InChI is InChI=1S/C15H19N3O2.C4H4O4/c1-3-16-9-11(10-17(16)4-2)18-14(19)12-7-5-6-8-13(12)15(18)20;5-3(6)1-2-4(7)8/h5-8,11H,3-4,9-10H2,1-2H3;1-2H,(H,5,6)(H,7,8)/b;2-1-. The Kier molecular flexibility index (Phi) is 7.02. The van der Waals surface area contributed by atoms with Gasteiger partial charge in [0.25, 0.3) is 11.8 Å². The lowest BCUT2D eigenvalue weighted by molar-refractivity contribution is -0.134. The van der Waals surface area contributed by atoms with Crippen LogP contribution in [0.2, 0.25) is 0 Å². The van der Waals surface area contributed by atoms with E-state index >= 15 is 0 Å². The van der Waals surface area contributed by atoms with E-state index in [1.54, 1.807) is 24.3 Å². The summed E-state index contributed by atoms with van der Waals surface area (Å²) in [4.78, 5) is 45.5. The molecule has 9 nitrogen and oxygen atoms in total. The van der Waals surface area contributed by atoms with E-state index < -0.39 is 11.9 Å². The molecule has 0 bridgehead atoms. The Morgan fingerprint density at radius 3 is 1.64 bits per heavy atom. The van der Waals surface area contributed by atoms with Crippen molar-refractivity contribution in [3.8, 4) is 0 Å². The maximum absolute atomic E-state index is 12.5. The van der Waals surface area contributed by atoms with Crippen molar-refractivity contribution in [2.75, 3.05) is 26.2 Å². The number of aliphatic carboxylic acids is 2. The number of carbonyl (C=O) groups is 4. The summed E-state index contributed by atoms with van der Waals surface area (Å²) in [5.41, 5.74) is 1.07. The Labute approximate surface area is 162 Å². The molecule has 2 amide bonds. The van der Waals surface area contributed by atoms with Gasteiger partial charge in [-0.2, -0.15) is 0 Å². The van der Waals surface area contributed by atoms with Crippen LogP contribution in [0.4, 0.5) is 0 Å². The largest absolute Gasteiger partial charge is 0.478 e. The molecule has 150 valence electrons. The van der Waals surface area contributed by atoms with E-state index in [0.29, 0.717) is 23.3 Å². The van der Waals surface area contributed by atoms with Crippen molar-refractivity contribution in [1.29, 1.82) is 0 Å². The summed E-state index contributed by atoms with van der Waals surface area (Å²) >= 11 is 0. The van der Waals surface area contributed by atoms with Crippen LogP contribution in [-0.2, 0) is 9.59 Å². The minimum absolute atomic E-state index is 0.0534. The van der Waals surface area contributed by atoms with Crippen LogP contribution in [0.25, 0.3) is 0 Å². The Morgan fingerprint density at radius 1 is 0.929 bits per heavy atom. The second-order valence-electron chi connectivity index (χ2n) is 6.20. The van der Waals surface area contributed by atoms with Crippen molar-refractivity contribution in [2.45, 2.75) is 19.9 Å². The van der Waals surface area contributed by atoms with Crippen LogP contribution in [-0.4, -0.2) is 81.1 Å². The number of hydrogen-bond donors (Lipinski definition) is 2. The molecular weight excluding hydrogens is 366 g/mol. The van der Waals surface area contributed by atoms with E-state index in [2.05, 4.69) is 23.9 Å². The van der Waals surface area contributed by atoms with Gasteiger partial charge in [0.1, 0.15) is 0 Å². The predicted molar refractivity (Wildman–Crippen MR) is 99.6 cm³/mol. The first-order valence-electron chi connectivity index (χ1n) is 8.90. The molecule has 0 aromatic heterocycles. The van der Waals surface area contributed by atoms with Gasteiger partial charge in [0.15, 0.2) is 0 Å². The molecule has 2 aliphatic heterocycles. The maximum atomic E-state index is 12.5. The predicted octanol–water partition coefficient (Wildman–Crippen LogP) is 0.935. The minimum atomic E-state index is -1.26. The second kappa shape index (κ2) is 9.25. The molecule has 0 radical (unpaired) electrons. The Hall–Kier alpha value is -3.04. The van der Waals surface area contributed by atoms with Gasteiger partial charge < -0.3 is 10.2 Å². The monoisotopic (exact) mass is 389 g/mol. The first-order chi connectivity index (χ1) is 13.3. The number of carbonyl (C=O) groups excluding carboxylic acids is 2. The Bertz CT molecular complexity index is 744. The molecule has 2 heterocycles. The van der Waals surface area contributed by atoms with Gasteiger partial charge in [-0.3, -0.25) is 14.5 Å². The zero-order valence-corrected chi connectivity index (χ0v) is 15.7. The van der Waals surface area contributed by atoms with Gasteiger partial charge in [-0.25, -0.2) is 19.6 Å². The summed E-state index contributed by atoms with van der Waals surface area (Å²) in [5.74, 6) is -2.81. The lowest BCUT2D eigenvalue weighted by Crippen LogP contribution is -2.43. The zero-order chi connectivity index (χ0) is 20.8. The molecule has 1 aromatic rings. The summed E-state index contributed by atoms with van der Waals surface area (Å²) in [7, 11) is 0. The van der Waals surface area contributed by atoms with Gasteiger partial charge >= 0.3 is 11.9 Å². The van der Waals surface area contributed by atoms with E-state index in [1.807, 2.05) is 0 Å². The normalized spacial score (nSPS) is 17.7. The van der Waals surface area contributed by atoms with Crippen molar-refractivity contribution in [1.82, 2.24) is 14.9 Å². The van der Waals surface area contributed by atoms with Gasteiger partial charge in [0.05, 0.1) is 17.2 Å². The third-order valence-electron chi connectivity index (χ3n) is 4.53. The first kappa shape index (κ1) is 21.3. The summed E-state index contributed by atoms with van der Waals surface area (Å²) < 4.78 is 0. The highest BCUT2D eigenvalue weighted by atomic mass is 16.4. The number of carboxylic acids is 2. The molecule has 3 rings (SSSR count). The van der Waals surface area contributed by atoms with Crippen molar-refractivity contribution in [3.63, 3.8) is 0 Å². The molecule has 2 N–H and O–H groups in total. The van der Waals surface area contributed by atoms with Gasteiger partial charge in [-0.15, -0.1) is 0 Å². The first-order valence-corrected chi connectivity index (χ1v) is 8.90. The minimum Gasteiger partial charge on any atom is -0.478 e. The van der Waals surface area contributed by atoms with Crippen LogP contribution < -0.4 is 0 Å². The van der Waals surface area contributed by atoms with Crippen LogP contribution in [0.3, 0.4) is 0 Å². The van der Waals surface area contributed by atoms with Crippen LogP contribution in [0.1, 0.15) is 34.6 Å². The average Bonchev–Trinajstić information content (AvgIpc) is 3.19. The van der Waals surface area contributed by atoms with E-state index in [9.17, 15) is 19.2 Å². The maximum Gasteiger partial charge on any atom is 0.328 e. The second-order valence-corrected chi connectivity index (χ2v) is 6.20. The fourth-order valence-corrected chi connectivity index (χ4v) is 3.28. The molecule has 1 fully saturated rings. The molecule has 0 spiro atoms. The van der Waals surface area contributed by atoms with E-state index in [0.717, 1.165) is 26.2 Å². The molecule has 28 heavy (non-hydrogen) atoms. The molecule has 9 heteroatoms. The number of nitrogens with zero attached hydrogens (tertiary/aromatic N) is 3. The highest BCUT2D eigenvalue weighted by Crippen LogP contribution is 2.27. The van der Waals surface area contributed by atoms with Gasteiger partial charge in [0.2, 0.25) is 0 Å². The van der Waals surface area contributed by atoms with E-state index in [-0.39, 0.29) is 17.9 Å². The summed E-state index contributed by atoms with van der Waals surface area (Å²) in [6.07, 6.45) is 1.12. The van der Waals surface area contributed by atoms with Crippen molar-refractivity contribution in [2.24, 2.45) is 0 Å². The zero-order valence-electron chi connectivity index (χ0n) is 15.7. The molecule has 1 aromatic carbocycles. The van der Waals surface area contributed by atoms with Crippen molar-refractivity contribution >= 4 is 23.8 Å². The van der Waals surface area contributed by atoms with Crippen LogP contribution in [0.5, 0.6) is 0 Å². The molecule has 0 saturated carbocycles. The number of fused-ring (bicyclic) bond motifs is 1. The highest BCUT2D eigenvalue weighted by Gasteiger charge is 2.43.